The van der Waals surface area contributed by atoms with E-state index < -0.39 is 0 Å². The minimum Gasteiger partial charge on any atom is -0.457 e. The molecule has 1 nitrogen and oxygen atoms in total. The highest BCUT2D eigenvalue weighted by atomic mass is 16.5. The van der Waals surface area contributed by atoms with E-state index in [-0.39, 0.29) is 0 Å². The molecule has 0 N–H and O–H groups in total. The van der Waals surface area contributed by atoms with Gasteiger partial charge in [0.15, 0.2) is 0 Å². The third-order valence-corrected chi connectivity index (χ3v) is 5.45. The highest BCUT2D eigenvalue weighted by molar-refractivity contribution is 5.74. The molecule has 0 saturated heterocycles. The quantitative estimate of drug-likeness (QED) is 0.282. The van der Waals surface area contributed by atoms with Gasteiger partial charge in [-0.1, -0.05) is 113 Å². The zero-order chi connectivity index (χ0) is 20.2. The first-order valence-corrected chi connectivity index (χ1v) is 11.3. The number of rotatable bonds is 12. The summed E-state index contributed by atoms with van der Waals surface area (Å²) in [6.07, 6.45) is 11.9. The number of hydrogen-bond donors (Lipinski definition) is 0. The number of benzene rings is 3. The minimum absolute atomic E-state index is 0.883. The van der Waals surface area contributed by atoms with Crippen molar-refractivity contribution < 1.29 is 4.74 Å². The predicted octanol–water partition coefficient (Wildman–Crippen LogP) is 8.83. The third kappa shape index (κ3) is 6.78. The first kappa shape index (κ1) is 21.2. The van der Waals surface area contributed by atoms with Gasteiger partial charge in [0.25, 0.3) is 0 Å². The van der Waals surface area contributed by atoms with Crippen molar-refractivity contribution in [1.82, 2.24) is 0 Å². The fourth-order valence-corrected chi connectivity index (χ4v) is 3.87. The highest BCUT2D eigenvalue weighted by Crippen LogP contribution is 2.37. The summed E-state index contributed by atoms with van der Waals surface area (Å²) in [6.45, 7) is 2.28. The molecule has 3 rings (SSSR count). The molecular weight excluding hydrogens is 352 g/mol. The molecule has 0 bridgehead atoms. The average molecular weight is 387 g/mol. The minimum atomic E-state index is 0.883. The van der Waals surface area contributed by atoms with Crippen LogP contribution in [0.2, 0.25) is 0 Å². The maximum Gasteiger partial charge on any atom is 0.135 e. The van der Waals surface area contributed by atoms with Gasteiger partial charge >= 0.3 is 0 Å². The number of para-hydroxylation sites is 1. The molecule has 0 aliphatic heterocycles. The lowest BCUT2D eigenvalue weighted by molar-refractivity contribution is 0.483. The van der Waals surface area contributed by atoms with E-state index in [4.69, 9.17) is 4.74 Å². The molecule has 0 aliphatic rings. The van der Waals surface area contributed by atoms with Crippen LogP contribution in [0.1, 0.15) is 63.9 Å². The van der Waals surface area contributed by atoms with E-state index in [1.54, 1.807) is 0 Å². The zero-order valence-electron chi connectivity index (χ0n) is 17.8. The molecule has 0 unspecified atom stereocenters. The maximum atomic E-state index is 6.29. The monoisotopic (exact) mass is 386 g/mol. The third-order valence-electron chi connectivity index (χ3n) is 5.45. The molecule has 0 aliphatic carbocycles. The summed E-state index contributed by atoms with van der Waals surface area (Å²) in [5.41, 5.74) is 3.85. The van der Waals surface area contributed by atoms with Gasteiger partial charge in [0.2, 0.25) is 0 Å². The Hall–Kier alpha value is -2.54. The van der Waals surface area contributed by atoms with Crippen molar-refractivity contribution in [3.05, 3.63) is 84.4 Å². The number of aryl methyl sites for hydroxylation is 1. The van der Waals surface area contributed by atoms with E-state index in [0.29, 0.717) is 0 Å². The number of ether oxygens (including phenoxy) is 1. The average Bonchev–Trinajstić information content (AvgIpc) is 2.77. The standard InChI is InChI=1S/C28H34O/c1-2-3-4-5-6-7-8-11-17-25-20-16-23-27(29-26-21-14-10-15-22-26)28(25)24-18-12-9-13-19-24/h9-10,12-16,18-23H,2-8,11,17H2,1H3. The molecule has 1 heteroatoms. The molecule has 0 atom stereocenters. The van der Waals surface area contributed by atoms with Crippen LogP contribution in [0.25, 0.3) is 11.1 Å². The van der Waals surface area contributed by atoms with Crippen LogP contribution in [0.4, 0.5) is 0 Å². The Bertz CT molecular complexity index is 823. The van der Waals surface area contributed by atoms with Crippen molar-refractivity contribution in [2.24, 2.45) is 0 Å². The first-order valence-electron chi connectivity index (χ1n) is 11.3. The van der Waals surface area contributed by atoms with Crippen LogP contribution in [0.15, 0.2) is 78.9 Å². The molecule has 152 valence electrons. The second-order valence-corrected chi connectivity index (χ2v) is 7.80. The van der Waals surface area contributed by atoms with Gasteiger partial charge in [-0.2, -0.15) is 0 Å². The van der Waals surface area contributed by atoms with Crippen molar-refractivity contribution in [2.75, 3.05) is 0 Å². The van der Waals surface area contributed by atoms with Crippen LogP contribution >= 0.6 is 0 Å². The first-order chi connectivity index (χ1) is 14.4. The summed E-state index contributed by atoms with van der Waals surface area (Å²) < 4.78 is 6.29. The number of hydrogen-bond acceptors (Lipinski definition) is 1. The number of unbranched alkanes of at least 4 members (excludes halogenated alkanes) is 7. The Morgan fingerprint density at radius 2 is 1.21 bits per heavy atom. The molecule has 0 radical (unpaired) electrons. The Balaban J connectivity index is 1.69. The van der Waals surface area contributed by atoms with E-state index in [2.05, 4.69) is 55.5 Å². The molecule has 0 aromatic heterocycles. The largest absolute Gasteiger partial charge is 0.457 e. The van der Waals surface area contributed by atoms with E-state index in [9.17, 15) is 0 Å². The summed E-state index contributed by atoms with van der Waals surface area (Å²) in [6, 6.07) is 27.2. The summed E-state index contributed by atoms with van der Waals surface area (Å²) in [7, 11) is 0. The van der Waals surface area contributed by atoms with Gasteiger partial charge in [0.1, 0.15) is 11.5 Å². The second-order valence-electron chi connectivity index (χ2n) is 7.80. The lowest BCUT2D eigenvalue weighted by Gasteiger charge is -2.16. The van der Waals surface area contributed by atoms with Gasteiger partial charge in [0.05, 0.1) is 0 Å². The Kier molecular flexibility index (Phi) is 8.85. The van der Waals surface area contributed by atoms with Crippen LogP contribution in [-0.2, 0) is 6.42 Å². The summed E-state index contributed by atoms with van der Waals surface area (Å²) in [4.78, 5) is 0. The van der Waals surface area contributed by atoms with Gasteiger partial charge in [-0.25, -0.2) is 0 Å². The van der Waals surface area contributed by atoms with Crippen molar-refractivity contribution in [3.63, 3.8) is 0 Å². The molecule has 3 aromatic carbocycles. The fraction of sp³-hybridized carbons (Fsp3) is 0.357. The van der Waals surface area contributed by atoms with Crippen molar-refractivity contribution in [3.8, 4) is 22.6 Å². The summed E-state index contributed by atoms with van der Waals surface area (Å²) in [5.74, 6) is 1.83. The normalized spacial score (nSPS) is 10.8. The smallest absolute Gasteiger partial charge is 0.135 e. The molecule has 29 heavy (non-hydrogen) atoms. The van der Waals surface area contributed by atoms with Crippen molar-refractivity contribution in [1.29, 1.82) is 0 Å². The van der Waals surface area contributed by atoms with E-state index >= 15 is 0 Å². The van der Waals surface area contributed by atoms with Crippen LogP contribution in [0.5, 0.6) is 11.5 Å². The van der Waals surface area contributed by atoms with E-state index in [1.807, 2.05) is 30.3 Å². The summed E-state index contributed by atoms with van der Waals surface area (Å²) in [5, 5.41) is 0. The molecule has 0 amide bonds. The van der Waals surface area contributed by atoms with Crippen molar-refractivity contribution >= 4 is 0 Å². The molecule has 0 fully saturated rings. The van der Waals surface area contributed by atoms with E-state index in [1.165, 1.54) is 68.1 Å². The van der Waals surface area contributed by atoms with Crippen LogP contribution in [-0.4, -0.2) is 0 Å². The van der Waals surface area contributed by atoms with Crippen LogP contribution < -0.4 is 4.74 Å². The summed E-state index contributed by atoms with van der Waals surface area (Å²) >= 11 is 0. The van der Waals surface area contributed by atoms with Gasteiger partial charge in [0, 0.05) is 5.56 Å². The topological polar surface area (TPSA) is 9.23 Å². The SMILES string of the molecule is CCCCCCCCCCc1cccc(Oc2ccccc2)c1-c1ccccc1. The predicted molar refractivity (Wildman–Crippen MR) is 125 cm³/mol. The van der Waals surface area contributed by atoms with Crippen LogP contribution in [0, 0.1) is 0 Å². The van der Waals surface area contributed by atoms with Crippen molar-refractivity contribution in [2.45, 2.75) is 64.7 Å². The Morgan fingerprint density at radius 3 is 1.90 bits per heavy atom. The molecule has 0 spiro atoms. The molecule has 0 saturated carbocycles. The highest BCUT2D eigenvalue weighted by Gasteiger charge is 2.12. The fourth-order valence-electron chi connectivity index (χ4n) is 3.87. The Labute approximate surface area is 176 Å². The second kappa shape index (κ2) is 12.1. The molecule has 3 aromatic rings. The molecule has 0 heterocycles. The lowest BCUT2D eigenvalue weighted by Crippen LogP contribution is -1.95. The Morgan fingerprint density at radius 1 is 0.586 bits per heavy atom. The van der Waals surface area contributed by atoms with E-state index in [0.717, 1.165) is 17.9 Å². The lowest BCUT2D eigenvalue weighted by atomic mass is 9.94. The van der Waals surface area contributed by atoms with Gasteiger partial charge < -0.3 is 4.74 Å². The van der Waals surface area contributed by atoms with Gasteiger partial charge in [-0.3, -0.25) is 0 Å². The van der Waals surface area contributed by atoms with Gasteiger partial charge in [-0.05, 0) is 42.2 Å². The maximum absolute atomic E-state index is 6.29. The van der Waals surface area contributed by atoms with Crippen LogP contribution in [0.3, 0.4) is 0 Å². The molecular formula is C28H34O. The zero-order valence-corrected chi connectivity index (χ0v) is 17.8. The van der Waals surface area contributed by atoms with Gasteiger partial charge in [-0.15, -0.1) is 0 Å².